The lowest BCUT2D eigenvalue weighted by molar-refractivity contribution is -0.129. The Morgan fingerprint density at radius 3 is 2.38 bits per heavy atom. The smallest absolute Gasteiger partial charge is 0.293 e. The van der Waals surface area contributed by atoms with Gasteiger partial charge < -0.3 is 4.74 Å². The Morgan fingerprint density at radius 1 is 1.23 bits per heavy atom. The highest BCUT2D eigenvalue weighted by Crippen LogP contribution is 2.52. The summed E-state index contributed by atoms with van der Waals surface area (Å²) in [6, 6.07) is 0. The highest BCUT2D eigenvalue weighted by molar-refractivity contribution is 5.37. The lowest BCUT2D eigenvalue weighted by Crippen LogP contribution is -1.96. The third-order valence-corrected chi connectivity index (χ3v) is 3.37. The Labute approximate surface area is 79.0 Å². The molecule has 2 nitrogen and oxygen atoms in total. The first-order valence-electron chi connectivity index (χ1n) is 5.13. The molecule has 1 saturated carbocycles. The first kappa shape index (κ1) is 8.79. The molecule has 1 fully saturated rings. The van der Waals surface area contributed by atoms with E-state index in [1.165, 1.54) is 25.7 Å². The fourth-order valence-electron chi connectivity index (χ4n) is 2.59. The number of fused-ring (bicyclic) bond motifs is 1. The van der Waals surface area contributed by atoms with Crippen molar-refractivity contribution in [2.75, 3.05) is 6.61 Å². The van der Waals surface area contributed by atoms with Gasteiger partial charge in [-0.15, -0.1) is 0 Å². The molecular formula is C11H16O2. The van der Waals surface area contributed by atoms with E-state index < -0.39 is 0 Å². The van der Waals surface area contributed by atoms with Crippen molar-refractivity contribution in [1.29, 1.82) is 0 Å². The van der Waals surface area contributed by atoms with E-state index in [1.807, 2.05) is 0 Å². The van der Waals surface area contributed by atoms with Crippen molar-refractivity contribution < 1.29 is 9.53 Å². The molecule has 2 heteroatoms. The van der Waals surface area contributed by atoms with Crippen molar-refractivity contribution in [3.05, 3.63) is 12.2 Å². The second kappa shape index (κ2) is 3.95. The Hall–Kier alpha value is -0.790. The molecule has 0 amide bonds. The first-order valence-corrected chi connectivity index (χ1v) is 5.13. The summed E-state index contributed by atoms with van der Waals surface area (Å²) in [5.74, 6) is 2.35. The van der Waals surface area contributed by atoms with Gasteiger partial charge in [0.05, 0.1) is 6.61 Å². The summed E-state index contributed by atoms with van der Waals surface area (Å²) < 4.78 is 4.83. The molecule has 0 radical (unpaired) electrons. The summed E-state index contributed by atoms with van der Waals surface area (Å²) in [4.78, 5) is 10.0. The average Bonchev–Trinajstić information content (AvgIpc) is 2.72. The summed E-state index contributed by atoms with van der Waals surface area (Å²) in [6.45, 7) is 1.23. The zero-order chi connectivity index (χ0) is 9.10. The van der Waals surface area contributed by atoms with Crippen LogP contribution in [0, 0.1) is 17.8 Å². The van der Waals surface area contributed by atoms with E-state index in [9.17, 15) is 4.79 Å². The van der Waals surface area contributed by atoms with Crippen molar-refractivity contribution in [2.45, 2.75) is 25.7 Å². The first-order chi connectivity index (χ1) is 6.43. The minimum Gasteiger partial charge on any atom is -0.468 e. The summed E-state index contributed by atoms with van der Waals surface area (Å²) in [5, 5.41) is 0. The van der Waals surface area contributed by atoms with Gasteiger partial charge in [0.25, 0.3) is 6.47 Å². The number of carbonyl (C=O) groups excluding carboxylic acids is 1. The number of ether oxygens (including phenoxy) is 1. The van der Waals surface area contributed by atoms with Crippen LogP contribution in [-0.2, 0) is 9.53 Å². The molecule has 13 heavy (non-hydrogen) atoms. The second-order valence-corrected chi connectivity index (χ2v) is 4.05. The Morgan fingerprint density at radius 2 is 1.85 bits per heavy atom. The molecule has 2 aliphatic rings. The zero-order valence-corrected chi connectivity index (χ0v) is 7.82. The molecule has 0 bridgehead atoms. The highest BCUT2D eigenvalue weighted by atomic mass is 16.5. The third-order valence-electron chi connectivity index (χ3n) is 3.37. The summed E-state index contributed by atoms with van der Waals surface area (Å²) >= 11 is 0. The van der Waals surface area contributed by atoms with E-state index in [4.69, 9.17) is 4.74 Å². The number of rotatable bonds is 3. The van der Waals surface area contributed by atoms with Crippen LogP contribution in [0.5, 0.6) is 0 Å². The molecule has 0 aliphatic heterocycles. The second-order valence-electron chi connectivity index (χ2n) is 4.05. The van der Waals surface area contributed by atoms with E-state index in [0.717, 1.165) is 11.8 Å². The van der Waals surface area contributed by atoms with Gasteiger partial charge in [-0.3, -0.25) is 4.79 Å². The Kier molecular flexibility index (Phi) is 2.67. The number of carbonyl (C=O) groups is 1. The van der Waals surface area contributed by atoms with E-state index in [1.54, 1.807) is 0 Å². The molecule has 2 rings (SSSR count). The summed E-state index contributed by atoms with van der Waals surface area (Å²) in [5.41, 5.74) is 0. The van der Waals surface area contributed by atoms with E-state index in [0.29, 0.717) is 19.0 Å². The number of allylic oxidation sites excluding steroid dienone is 2. The molecule has 0 heterocycles. The number of hydrogen-bond donors (Lipinski definition) is 0. The van der Waals surface area contributed by atoms with Crippen molar-refractivity contribution in [1.82, 2.24) is 0 Å². The summed E-state index contributed by atoms with van der Waals surface area (Å²) in [6.07, 6.45) is 9.55. The van der Waals surface area contributed by atoms with Gasteiger partial charge in [-0.2, -0.15) is 0 Å². The normalized spacial score (nSPS) is 37.1. The highest BCUT2D eigenvalue weighted by Gasteiger charge is 2.48. The van der Waals surface area contributed by atoms with Gasteiger partial charge in [0.2, 0.25) is 0 Å². The molecule has 2 aliphatic carbocycles. The maximum absolute atomic E-state index is 10.0. The lowest BCUT2D eigenvalue weighted by atomic mass is 10.1. The van der Waals surface area contributed by atoms with Crippen molar-refractivity contribution in [2.24, 2.45) is 17.8 Å². The third kappa shape index (κ3) is 1.93. The maximum Gasteiger partial charge on any atom is 0.293 e. The quantitative estimate of drug-likeness (QED) is 0.491. The molecule has 0 aromatic rings. The van der Waals surface area contributed by atoms with E-state index in [-0.39, 0.29) is 0 Å². The van der Waals surface area contributed by atoms with Gasteiger partial charge in [0, 0.05) is 0 Å². The Balaban J connectivity index is 1.81. The Bertz CT molecular complexity index is 194. The molecule has 2 unspecified atom stereocenters. The van der Waals surface area contributed by atoms with E-state index >= 15 is 0 Å². The fraction of sp³-hybridized carbons (Fsp3) is 0.727. The average molecular weight is 180 g/mol. The van der Waals surface area contributed by atoms with Gasteiger partial charge in [-0.1, -0.05) is 12.2 Å². The predicted molar refractivity (Wildman–Crippen MR) is 50.1 cm³/mol. The van der Waals surface area contributed by atoms with Gasteiger partial charge in [-0.05, 0) is 43.4 Å². The molecular weight excluding hydrogens is 164 g/mol. The SMILES string of the molecule is O=COCC1C2CCC=CCCC21. The monoisotopic (exact) mass is 180 g/mol. The molecule has 72 valence electrons. The van der Waals surface area contributed by atoms with Crippen LogP contribution >= 0.6 is 0 Å². The predicted octanol–water partition coefficient (Wildman–Crippen LogP) is 2.15. The summed E-state index contributed by atoms with van der Waals surface area (Å²) in [7, 11) is 0. The minimum absolute atomic E-state index is 0.574. The van der Waals surface area contributed by atoms with Crippen LogP contribution in [-0.4, -0.2) is 13.1 Å². The molecule has 2 atom stereocenters. The topological polar surface area (TPSA) is 26.3 Å². The van der Waals surface area contributed by atoms with Gasteiger partial charge in [-0.25, -0.2) is 0 Å². The largest absolute Gasteiger partial charge is 0.468 e. The fourth-order valence-corrected chi connectivity index (χ4v) is 2.59. The van der Waals surface area contributed by atoms with Crippen LogP contribution in [0.25, 0.3) is 0 Å². The molecule has 0 aromatic heterocycles. The van der Waals surface area contributed by atoms with Crippen molar-refractivity contribution in [3.8, 4) is 0 Å². The van der Waals surface area contributed by atoms with Crippen LogP contribution in [0.1, 0.15) is 25.7 Å². The van der Waals surface area contributed by atoms with Crippen molar-refractivity contribution in [3.63, 3.8) is 0 Å². The van der Waals surface area contributed by atoms with Crippen LogP contribution in [0.3, 0.4) is 0 Å². The molecule has 0 aromatic carbocycles. The van der Waals surface area contributed by atoms with Crippen LogP contribution < -0.4 is 0 Å². The van der Waals surface area contributed by atoms with Gasteiger partial charge >= 0.3 is 0 Å². The van der Waals surface area contributed by atoms with Gasteiger partial charge in [0.1, 0.15) is 0 Å². The van der Waals surface area contributed by atoms with Crippen LogP contribution in [0.15, 0.2) is 12.2 Å². The van der Waals surface area contributed by atoms with Gasteiger partial charge in [0.15, 0.2) is 0 Å². The zero-order valence-electron chi connectivity index (χ0n) is 7.82. The van der Waals surface area contributed by atoms with Crippen LogP contribution in [0.2, 0.25) is 0 Å². The molecule has 0 N–H and O–H groups in total. The maximum atomic E-state index is 10.0. The lowest BCUT2D eigenvalue weighted by Gasteiger charge is -1.99. The molecule has 0 saturated heterocycles. The van der Waals surface area contributed by atoms with Crippen molar-refractivity contribution >= 4 is 6.47 Å². The standard InChI is InChI=1S/C11H16O2/c12-8-13-7-11-9-5-3-1-2-4-6-10(9)11/h1-2,8-11H,3-7H2. The van der Waals surface area contributed by atoms with E-state index in [2.05, 4.69) is 12.2 Å². The van der Waals surface area contributed by atoms with Crippen LogP contribution in [0.4, 0.5) is 0 Å². The molecule has 0 spiro atoms. The number of hydrogen-bond acceptors (Lipinski definition) is 2. The minimum atomic E-state index is 0.574.